The summed E-state index contributed by atoms with van der Waals surface area (Å²) in [5, 5.41) is 3.15. The Kier molecular flexibility index (Phi) is 3.55. The van der Waals surface area contributed by atoms with Gasteiger partial charge in [-0.2, -0.15) is 0 Å². The molecular weight excluding hydrogens is 248 g/mol. The van der Waals surface area contributed by atoms with Gasteiger partial charge >= 0.3 is 0 Å². The van der Waals surface area contributed by atoms with E-state index in [1.165, 1.54) is 18.4 Å². The van der Waals surface area contributed by atoms with Crippen LogP contribution in [0.4, 0.5) is 0 Å². The second kappa shape index (κ2) is 5.21. The largest absolute Gasteiger partial charge is 0.349 e. The van der Waals surface area contributed by atoms with E-state index in [4.69, 9.17) is 5.73 Å². The van der Waals surface area contributed by atoms with E-state index in [0.29, 0.717) is 11.8 Å². The highest BCUT2D eigenvalue weighted by Gasteiger charge is 2.49. The standard InChI is InChI=1S/C17H24N2O/c1-10-3-5-12(6-4-10)11(2)19-17(20)15-13-7-8-14(9-13)16(15)18/h3-6,11,13-16H,7-9,18H2,1-2H3,(H,19,20)/t11-,13?,14?,15?,16?/m0/s1. The van der Waals surface area contributed by atoms with Gasteiger partial charge in [0.05, 0.1) is 12.0 Å². The number of nitrogens with two attached hydrogens (primary N) is 1. The van der Waals surface area contributed by atoms with Crippen LogP contribution in [0.5, 0.6) is 0 Å². The molecule has 108 valence electrons. The molecule has 3 N–H and O–H groups in total. The average Bonchev–Trinajstić information content (AvgIpc) is 2.99. The SMILES string of the molecule is Cc1ccc([C@H](C)NC(=O)C2C3CCC(C3)C2N)cc1. The smallest absolute Gasteiger partial charge is 0.225 e. The van der Waals surface area contributed by atoms with Gasteiger partial charge in [0, 0.05) is 6.04 Å². The summed E-state index contributed by atoms with van der Waals surface area (Å²) in [6, 6.07) is 8.46. The molecule has 20 heavy (non-hydrogen) atoms. The predicted octanol–water partition coefficient (Wildman–Crippen LogP) is 2.55. The Labute approximate surface area is 120 Å². The highest BCUT2D eigenvalue weighted by atomic mass is 16.2. The van der Waals surface area contributed by atoms with Crippen LogP contribution in [0, 0.1) is 24.7 Å². The molecule has 0 radical (unpaired) electrons. The van der Waals surface area contributed by atoms with Gasteiger partial charge in [-0.25, -0.2) is 0 Å². The second-order valence-corrected chi connectivity index (χ2v) is 6.58. The molecule has 2 bridgehead atoms. The van der Waals surface area contributed by atoms with Gasteiger partial charge in [0.1, 0.15) is 0 Å². The monoisotopic (exact) mass is 272 g/mol. The first-order valence-electron chi connectivity index (χ1n) is 7.69. The molecule has 2 aliphatic rings. The summed E-state index contributed by atoms with van der Waals surface area (Å²) < 4.78 is 0. The van der Waals surface area contributed by atoms with E-state index in [1.54, 1.807) is 0 Å². The Balaban J connectivity index is 1.65. The molecule has 1 aromatic carbocycles. The maximum atomic E-state index is 12.5. The molecule has 1 amide bonds. The summed E-state index contributed by atoms with van der Waals surface area (Å²) in [6.45, 7) is 4.11. The molecule has 4 unspecified atom stereocenters. The fourth-order valence-corrected chi connectivity index (χ4v) is 3.97. The van der Waals surface area contributed by atoms with Crippen LogP contribution in [-0.4, -0.2) is 11.9 Å². The van der Waals surface area contributed by atoms with E-state index >= 15 is 0 Å². The zero-order valence-corrected chi connectivity index (χ0v) is 12.3. The summed E-state index contributed by atoms with van der Waals surface area (Å²) >= 11 is 0. The summed E-state index contributed by atoms with van der Waals surface area (Å²) in [5.41, 5.74) is 8.63. The second-order valence-electron chi connectivity index (χ2n) is 6.58. The molecule has 0 heterocycles. The van der Waals surface area contributed by atoms with Crippen LogP contribution in [0.3, 0.4) is 0 Å². The van der Waals surface area contributed by atoms with E-state index in [2.05, 4.69) is 36.5 Å². The zero-order chi connectivity index (χ0) is 14.3. The Hall–Kier alpha value is -1.35. The maximum absolute atomic E-state index is 12.5. The van der Waals surface area contributed by atoms with Crippen molar-refractivity contribution in [3.63, 3.8) is 0 Å². The van der Waals surface area contributed by atoms with Crippen molar-refractivity contribution in [3.8, 4) is 0 Å². The van der Waals surface area contributed by atoms with Crippen LogP contribution in [0.15, 0.2) is 24.3 Å². The quantitative estimate of drug-likeness (QED) is 0.888. The number of carbonyl (C=O) groups is 1. The van der Waals surface area contributed by atoms with Gasteiger partial charge in [-0.1, -0.05) is 29.8 Å². The molecule has 2 aliphatic carbocycles. The number of amides is 1. The van der Waals surface area contributed by atoms with Crippen molar-refractivity contribution in [3.05, 3.63) is 35.4 Å². The lowest BCUT2D eigenvalue weighted by atomic mass is 9.84. The predicted molar refractivity (Wildman–Crippen MR) is 80.0 cm³/mol. The number of hydrogen-bond donors (Lipinski definition) is 2. The molecule has 2 fully saturated rings. The minimum atomic E-state index is 0.0293. The highest BCUT2D eigenvalue weighted by molar-refractivity contribution is 5.80. The van der Waals surface area contributed by atoms with Crippen molar-refractivity contribution >= 4 is 5.91 Å². The number of rotatable bonds is 3. The van der Waals surface area contributed by atoms with Crippen molar-refractivity contribution < 1.29 is 4.79 Å². The number of carbonyl (C=O) groups excluding carboxylic acids is 1. The third kappa shape index (κ3) is 2.35. The molecule has 3 nitrogen and oxygen atoms in total. The van der Waals surface area contributed by atoms with Crippen LogP contribution in [-0.2, 0) is 4.79 Å². The molecule has 0 spiro atoms. The Bertz CT molecular complexity index is 494. The first-order valence-corrected chi connectivity index (χ1v) is 7.69. The topological polar surface area (TPSA) is 55.1 Å². The number of nitrogens with one attached hydrogen (secondary N) is 1. The summed E-state index contributed by atoms with van der Waals surface area (Å²) in [5.74, 6) is 1.27. The zero-order valence-electron chi connectivity index (χ0n) is 12.3. The lowest BCUT2D eigenvalue weighted by molar-refractivity contribution is -0.127. The van der Waals surface area contributed by atoms with E-state index in [0.717, 1.165) is 12.0 Å². The molecule has 0 aliphatic heterocycles. The summed E-state index contributed by atoms with van der Waals surface area (Å²) in [6.07, 6.45) is 3.54. The molecular formula is C17H24N2O. The van der Waals surface area contributed by atoms with Gasteiger partial charge in [-0.05, 0) is 50.5 Å². The van der Waals surface area contributed by atoms with Crippen LogP contribution in [0.2, 0.25) is 0 Å². The first kappa shape index (κ1) is 13.6. The van der Waals surface area contributed by atoms with Crippen LogP contribution >= 0.6 is 0 Å². The number of fused-ring (bicyclic) bond motifs is 2. The molecule has 1 aromatic rings. The van der Waals surface area contributed by atoms with E-state index in [-0.39, 0.29) is 23.9 Å². The Morgan fingerprint density at radius 2 is 1.90 bits per heavy atom. The highest BCUT2D eigenvalue weighted by Crippen LogP contribution is 2.47. The van der Waals surface area contributed by atoms with Crippen molar-refractivity contribution in [2.75, 3.05) is 0 Å². The van der Waals surface area contributed by atoms with Crippen LogP contribution < -0.4 is 11.1 Å². The molecule has 5 atom stereocenters. The van der Waals surface area contributed by atoms with Gasteiger partial charge in [0.2, 0.25) is 5.91 Å². The molecule has 0 saturated heterocycles. The fourth-order valence-electron chi connectivity index (χ4n) is 3.97. The fraction of sp³-hybridized carbons (Fsp3) is 0.588. The van der Waals surface area contributed by atoms with E-state index in [1.807, 2.05) is 6.92 Å². The number of aryl methyl sites for hydroxylation is 1. The van der Waals surface area contributed by atoms with Gasteiger partial charge in [-0.3, -0.25) is 4.79 Å². The van der Waals surface area contributed by atoms with Gasteiger partial charge in [0.15, 0.2) is 0 Å². The Morgan fingerprint density at radius 1 is 1.25 bits per heavy atom. The van der Waals surface area contributed by atoms with Gasteiger partial charge in [0.25, 0.3) is 0 Å². The van der Waals surface area contributed by atoms with E-state index in [9.17, 15) is 4.79 Å². The molecule has 0 aromatic heterocycles. The van der Waals surface area contributed by atoms with Crippen molar-refractivity contribution in [1.29, 1.82) is 0 Å². The van der Waals surface area contributed by atoms with Gasteiger partial charge < -0.3 is 11.1 Å². The maximum Gasteiger partial charge on any atom is 0.225 e. The minimum absolute atomic E-state index is 0.0293. The normalized spacial score (nSPS) is 33.1. The van der Waals surface area contributed by atoms with Crippen LogP contribution in [0.1, 0.15) is 43.4 Å². The Morgan fingerprint density at radius 3 is 2.50 bits per heavy atom. The molecule has 3 heteroatoms. The minimum Gasteiger partial charge on any atom is -0.349 e. The number of hydrogen-bond acceptors (Lipinski definition) is 2. The third-order valence-electron chi connectivity index (χ3n) is 5.22. The lowest BCUT2D eigenvalue weighted by Gasteiger charge is -2.28. The third-order valence-corrected chi connectivity index (χ3v) is 5.22. The van der Waals surface area contributed by atoms with E-state index < -0.39 is 0 Å². The first-order chi connectivity index (χ1) is 9.56. The van der Waals surface area contributed by atoms with Gasteiger partial charge in [-0.15, -0.1) is 0 Å². The lowest BCUT2D eigenvalue weighted by Crippen LogP contribution is -2.45. The summed E-state index contributed by atoms with van der Waals surface area (Å²) in [4.78, 5) is 12.5. The molecule has 2 saturated carbocycles. The molecule has 3 rings (SSSR count). The van der Waals surface area contributed by atoms with Crippen molar-refractivity contribution in [1.82, 2.24) is 5.32 Å². The van der Waals surface area contributed by atoms with Crippen LogP contribution in [0.25, 0.3) is 0 Å². The average molecular weight is 272 g/mol. The van der Waals surface area contributed by atoms with Crippen molar-refractivity contribution in [2.24, 2.45) is 23.5 Å². The van der Waals surface area contributed by atoms with Crippen molar-refractivity contribution in [2.45, 2.75) is 45.2 Å². The summed E-state index contributed by atoms with van der Waals surface area (Å²) in [7, 11) is 0. The number of benzene rings is 1.